The summed E-state index contributed by atoms with van der Waals surface area (Å²) in [7, 11) is 1.67. The van der Waals surface area contributed by atoms with Crippen LogP contribution in [0.25, 0.3) is 10.6 Å². The zero-order valence-electron chi connectivity index (χ0n) is 15.8. The summed E-state index contributed by atoms with van der Waals surface area (Å²) in [4.78, 5) is 28.3. The number of hydrogen-bond donors (Lipinski definition) is 1. The van der Waals surface area contributed by atoms with Gasteiger partial charge in [-0.25, -0.2) is 9.97 Å². The van der Waals surface area contributed by atoms with E-state index in [4.69, 9.17) is 9.72 Å². The number of nitrogens with one attached hydrogen (secondary N) is 1. The molecule has 1 aromatic carbocycles. The van der Waals surface area contributed by atoms with E-state index in [9.17, 15) is 4.79 Å². The molecular weight excluding hydrogens is 372 g/mol. The number of rotatable bonds is 5. The lowest BCUT2D eigenvalue weighted by Gasteiger charge is -2.27. The average Bonchev–Trinajstić information content (AvgIpc) is 3.48. The maximum absolute atomic E-state index is 12.5. The van der Waals surface area contributed by atoms with Crippen LogP contribution in [-0.4, -0.2) is 33.5 Å². The van der Waals surface area contributed by atoms with Crippen molar-refractivity contribution in [2.24, 2.45) is 0 Å². The minimum Gasteiger partial charge on any atom is -0.497 e. The van der Waals surface area contributed by atoms with Crippen molar-refractivity contribution in [3.05, 3.63) is 62.8 Å². The second kappa shape index (κ2) is 7.14. The van der Waals surface area contributed by atoms with E-state index in [-0.39, 0.29) is 5.56 Å². The van der Waals surface area contributed by atoms with Gasteiger partial charge in [-0.3, -0.25) is 9.69 Å². The highest BCUT2D eigenvalue weighted by Crippen LogP contribution is 2.38. The Hall–Kier alpha value is -2.51. The first-order valence-corrected chi connectivity index (χ1v) is 10.4. The van der Waals surface area contributed by atoms with E-state index in [1.165, 1.54) is 4.88 Å². The standard InChI is InChI=1S/C21H22N4O2S/c1-27-15-6-4-14(5-7-15)21-22-10-16(28-21)11-25-9-8-18-17(12-25)20(26)24-19(23-18)13-2-3-13/h4-7,10,13H,2-3,8-9,11-12H2,1H3,(H,23,24,26). The van der Waals surface area contributed by atoms with E-state index in [0.29, 0.717) is 12.5 Å². The van der Waals surface area contributed by atoms with Gasteiger partial charge in [0.15, 0.2) is 0 Å². The molecule has 5 rings (SSSR count). The minimum atomic E-state index is 0.0415. The first-order valence-electron chi connectivity index (χ1n) is 9.63. The van der Waals surface area contributed by atoms with Gasteiger partial charge in [0.1, 0.15) is 16.6 Å². The lowest BCUT2D eigenvalue weighted by atomic mass is 10.1. The Morgan fingerprint density at radius 1 is 1.29 bits per heavy atom. The van der Waals surface area contributed by atoms with Crippen molar-refractivity contribution in [1.82, 2.24) is 19.9 Å². The summed E-state index contributed by atoms with van der Waals surface area (Å²) in [6, 6.07) is 7.96. The van der Waals surface area contributed by atoms with Crippen molar-refractivity contribution in [2.75, 3.05) is 13.7 Å². The third-order valence-electron chi connectivity index (χ3n) is 5.40. The van der Waals surface area contributed by atoms with E-state index in [0.717, 1.165) is 65.8 Å². The number of ether oxygens (including phenoxy) is 1. The molecule has 1 aliphatic carbocycles. The average molecular weight is 395 g/mol. The van der Waals surface area contributed by atoms with E-state index in [1.54, 1.807) is 18.4 Å². The molecule has 6 nitrogen and oxygen atoms in total. The highest BCUT2D eigenvalue weighted by atomic mass is 32.1. The van der Waals surface area contributed by atoms with Crippen LogP contribution < -0.4 is 10.3 Å². The minimum absolute atomic E-state index is 0.0415. The number of thiazole rings is 1. The van der Waals surface area contributed by atoms with Crippen LogP contribution in [0.2, 0.25) is 0 Å². The third-order valence-corrected chi connectivity index (χ3v) is 6.43. The molecule has 1 aliphatic heterocycles. The summed E-state index contributed by atoms with van der Waals surface area (Å²) >= 11 is 1.70. The highest BCUT2D eigenvalue weighted by molar-refractivity contribution is 7.15. The Morgan fingerprint density at radius 2 is 2.11 bits per heavy atom. The molecular formula is C21H22N4O2S. The van der Waals surface area contributed by atoms with Crippen LogP contribution in [0, 0.1) is 0 Å². The van der Waals surface area contributed by atoms with Gasteiger partial charge in [-0.2, -0.15) is 0 Å². The van der Waals surface area contributed by atoms with Crippen LogP contribution in [0.1, 0.15) is 40.7 Å². The van der Waals surface area contributed by atoms with Crippen LogP contribution in [0.3, 0.4) is 0 Å². The lowest BCUT2D eigenvalue weighted by Crippen LogP contribution is -2.35. The fraction of sp³-hybridized carbons (Fsp3) is 0.381. The molecule has 0 saturated heterocycles. The third kappa shape index (κ3) is 3.47. The molecule has 0 radical (unpaired) electrons. The SMILES string of the molecule is COc1ccc(-c2ncc(CN3CCc4nc(C5CC5)[nH]c(=O)c4C3)s2)cc1. The largest absolute Gasteiger partial charge is 0.497 e. The summed E-state index contributed by atoms with van der Waals surface area (Å²) < 4.78 is 5.22. The number of nitrogens with zero attached hydrogens (tertiary/aromatic N) is 3. The maximum Gasteiger partial charge on any atom is 0.255 e. The quantitative estimate of drug-likeness (QED) is 0.719. The molecule has 7 heteroatoms. The number of H-pyrrole nitrogens is 1. The molecule has 0 spiro atoms. The van der Waals surface area contributed by atoms with Crippen LogP contribution >= 0.6 is 11.3 Å². The second-order valence-corrected chi connectivity index (χ2v) is 8.59. The molecule has 1 saturated carbocycles. The molecule has 3 aromatic rings. The zero-order valence-corrected chi connectivity index (χ0v) is 16.6. The van der Waals surface area contributed by atoms with Crippen molar-refractivity contribution >= 4 is 11.3 Å². The fourth-order valence-electron chi connectivity index (χ4n) is 3.65. The van der Waals surface area contributed by atoms with E-state index in [1.807, 2.05) is 30.5 Å². The lowest BCUT2D eigenvalue weighted by molar-refractivity contribution is 0.243. The molecule has 2 aliphatic rings. The molecule has 1 fully saturated rings. The summed E-state index contributed by atoms with van der Waals surface area (Å²) in [6.45, 7) is 2.37. The highest BCUT2D eigenvalue weighted by Gasteiger charge is 2.29. The van der Waals surface area contributed by atoms with Crippen molar-refractivity contribution in [1.29, 1.82) is 0 Å². The normalized spacial score (nSPS) is 16.8. The van der Waals surface area contributed by atoms with Crippen LogP contribution in [0.5, 0.6) is 5.75 Å². The Balaban J connectivity index is 1.30. The predicted molar refractivity (Wildman–Crippen MR) is 109 cm³/mol. The number of methoxy groups -OCH3 is 1. The summed E-state index contributed by atoms with van der Waals surface area (Å²) in [5, 5.41) is 1.00. The van der Waals surface area contributed by atoms with Crippen molar-refractivity contribution in [3.8, 4) is 16.3 Å². The maximum atomic E-state index is 12.5. The van der Waals surface area contributed by atoms with Crippen molar-refractivity contribution in [2.45, 2.75) is 38.3 Å². The molecule has 0 atom stereocenters. The predicted octanol–water partition coefficient (Wildman–Crippen LogP) is 3.34. The molecule has 28 heavy (non-hydrogen) atoms. The summed E-state index contributed by atoms with van der Waals surface area (Å²) in [6.07, 6.45) is 5.08. The summed E-state index contributed by atoms with van der Waals surface area (Å²) in [5.41, 5.74) is 2.95. The monoisotopic (exact) mass is 394 g/mol. The zero-order chi connectivity index (χ0) is 19.1. The fourth-order valence-corrected chi connectivity index (χ4v) is 4.61. The Labute approximate surface area is 167 Å². The number of benzene rings is 1. The number of hydrogen-bond acceptors (Lipinski definition) is 6. The molecule has 3 heterocycles. The van der Waals surface area contributed by atoms with Gasteiger partial charge < -0.3 is 9.72 Å². The molecule has 0 amide bonds. The smallest absolute Gasteiger partial charge is 0.255 e. The molecule has 1 N–H and O–H groups in total. The van der Waals surface area contributed by atoms with Gasteiger partial charge in [-0.15, -0.1) is 11.3 Å². The molecule has 2 aromatic heterocycles. The number of aromatic nitrogens is 3. The summed E-state index contributed by atoms with van der Waals surface area (Å²) in [5.74, 6) is 2.21. The molecule has 0 unspecified atom stereocenters. The molecule has 0 bridgehead atoms. The first kappa shape index (κ1) is 17.6. The van der Waals surface area contributed by atoms with Gasteiger partial charge in [0.05, 0.1) is 18.4 Å². The van der Waals surface area contributed by atoms with Crippen LogP contribution in [0.4, 0.5) is 0 Å². The van der Waals surface area contributed by atoms with Gasteiger partial charge >= 0.3 is 0 Å². The first-order chi connectivity index (χ1) is 13.7. The number of aromatic amines is 1. The van der Waals surface area contributed by atoms with E-state index < -0.39 is 0 Å². The molecule has 144 valence electrons. The Kier molecular flexibility index (Phi) is 4.49. The van der Waals surface area contributed by atoms with E-state index >= 15 is 0 Å². The number of fused-ring (bicyclic) bond motifs is 1. The Morgan fingerprint density at radius 3 is 2.86 bits per heavy atom. The Bertz CT molecular complexity index is 1050. The van der Waals surface area contributed by atoms with Gasteiger partial charge in [0.2, 0.25) is 0 Å². The van der Waals surface area contributed by atoms with Crippen LogP contribution in [-0.2, 0) is 19.5 Å². The van der Waals surface area contributed by atoms with E-state index in [2.05, 4.69) is 14.9 Å². The second-order valence-electron chi connectivity index (χ2n) is 7.47. The topological polar surface area (TPSA) is 71.1 Å². The van der Waals surface area contributed by atoms with Gasteiger partial charge in [-0.1, -0.05) is 0 Å². The van der Waals surface area contributed by atoms with Gasteiger partial charge in [0, 0.05) is 48.6 Å². The van der Waals surface area contributed by atoms with Crippen molar-refractivity contribution < 1.29 is 4.74 Å². The van der Waals surface area contributed by atoms with Gasteiger partial charge in [-0.05, 0) is 37.1 Å². The van der Waals surface area contributed by atoms with Gasteiger partial charge in [0.25, 0.3) is 5.56 Å². The van der Waals surface area contributed by atoms with Crippen LogP contribution in [0.15, 0.2) is 35.3 Å². The van der Waals surface area contributed by atoms with Crippen molar-refractivity contribution in [3.63, 3.8) is 0 Å².